The smallest absolute Gasteiger partial charge is 0.275 e. The topological polar surface area (TPSA) is 58.4 Å². The Bertz CT molecular complexity index is 452. The van der Waals surface area contributed by atoms with E-state index in [0.29, 0.717) is 12.0 Å². The van der Waals surface area contributed by atoms with Crippen LogP contribution in [0.25, 0.3) is 0 Å². The second kappa shape index (κ2) is 7.92. The molecule has 1 aliphatic carbocycles. The highest BCUT2D eigenvalue weighted by molar-refractivity contribution is 7.12. The predicted octanol–water partition coefficient (Wildman–Crippen LogP) is 3.14. The highest BCUT2D eigenvalue weighted by Crippen LogP contribution is 2.27. The number of nitrogens with two attached hydrogens (primary N) is 1. The minimum atomic E-state index is -0.171. The standard InChI is InChI=1S/C16H27N3OS/c1-12(2)7-9-19(14-5-3-4-6-14)11-13-8-10-21-15(13)16(20)18-17/h8,10,12,14H,3-7,9,11,17H2,1-2H3,(H,18,20). The number of hydrogen-bond donors (Lipinski definition) is 2. The molecule has 1 heterocycles. The molecule has 2 rings (SSSR count). The summed E-state index contributed by atoms with van der Waals surface area (Å²) in [6.45, 7) is 6.51. The van der Waals surface area contributed by atoms with Crippen LogP contribution in [0.4, 0.5) is 0 Å². The van der Waals surface area contributed by atoms with E-state index >= 15 is 0 Å². The van der Waals surface area contributed by atoms with Crippen molar-refractivity contribution in [2.24, 2.45) is 11.8 Å². The first-order valence-electron chi connectivity index (χ1n) is 7.93. The van der Waals surface area contributed by atoms with Crippen molar-refractivity contribution < 1.29 is 4.79 Å². The Morgan fingerprint density at radius 2 is 2.19 bits per heavy atom. The SMILES string of the molecule is CC(C)CCN(Cc1ccsc1C(=O)NN)C1CCCC1. The second-order valence-corrected chi connectivity index (χ2v) is 7.26. The Morgan fingerprint density at radius 1 is 1.48 bits per heavy atom. The van der Waals surface area contributed by atoms with Gasteiger partial charge in [-0.1, -0.05) is 26.7 Å². The summed E-state index contributed by atoms with van der Waals surface area (Å²) in [5.41, 5.74) is 3.36. The first kappa shape index (κ1) is 16.5. The van der Waals surface area contributed by atoms with Gasteiger partial charge in [0.15, 0.2) is 0 Å². The minimum Gasteiger partial charge on any atom is -0.296 e. The molecular formula is C16H27N3OS. The van der Waals surface area contributed by atoms with Crippen molar-refractivity contribution in [1.82, 2.24) is 10.3 Å². The minimum absolute atomic E-state index is 0.171. The van der Waals surface area contributed by atoms with Crippen molar-refractivity contribution in [2.75, 3.05) is 6.54 Å². The van der Waals surface area contributed by atoms with E-state index in [1.807, 2.05) is 5.38 Å². The monoisotopic (exact) mass is 309 g/mol. The van der Waals surface area contributed by atoms with Crippen LogP contribution in [0.2, 0.25) is 0 Å². The van der Waals surface area contributed by atoms with Crippen molar-refractivity contribution in [2.45, 2.75) is 58.5 Å². The first-order valence-corrected chi connectivity index (χ1v) is 8.81. The second-order valence-electron chi connectivity index (χ2n) is 6.34. The molecule has 0 bridgehead atoms. The Kier molecular flexibility index (Phi) is 6.21. The van der Waals surface area contributed by atoms with Crippen molar-refractivity contribution in [1.29, 1.82) is 0 Å². The third kappa shape index (κ3) is 4.53. The number of rotatable bonds is 7. The predicted molar refractivity (Wildman–Crippen MR) is 88.1 cm³/mol. The molecule has 0 aliphatic heterocycles. The average molecular weight is 309 g/mol. The van der Waals surface area contributed by atoms with Gasteiger partial charge in [0.2, 0.25) is 0 Å². The fourth-order valence-electron chi connectivity index (χ4n) is 3.03. The molecule has 21 heavy (non-hydrogen) atoms. The normalized spacial score (nSPS) is 16.0. The van der Waals surface area contributed by atoms with E-state index in [-0.39, 0.29) is 5.91 Å². The van der Waals surface area contributed by atoms with Crippen LogP contribution in [0.5, 0.6) is 0 Å². The van der Waals surface area contributed by atoms with E-state index in [4.69, 9.17) is 5.84 Å². The van der Waals surface area contributed by atoms with Crippen LogP contribution in [0.15, 0.2) is 11.4 Å². The van der Waals surface area contributed by atoms with E-state index in [0.717, 1.165) is 23.5 Å². The first-order chi connectivity index (χ1) is 10.1. The molecule has 5 heteroatoms. The maximum atomic E-state index is 11.8. The maximum absolute atomic E-state index is 11.8. The van der Waals surface area contributed by atoms with Crippen LogP contribution in [0, 0.1) is 5.92 Å². The van der Waals surface area contributed by atoms with Crippen LogP contribution in [-0.4, -0.2) is 23.4 Å². The van der Waals surface area contributed by atoms with Crippen LogP contribution in [0.1, 0.15) is 61.2 Å². The number of hydrogen-bond acceptors (Lipinski definition) is 4. The molecular weight excluding hydrogens is 282 g/mol. The molecule has 1 amide bonds. The highest BCUT2D eigenvalue weighted by Gasteiger charge is 2.24. The van der Waals surface area contributed by atoms with E-state index in [1.54, 1.807) is 0 Å². The molecule has 0 spiro atoms. The van der Waals surface area contributed by atoms with Gasteiger partial charge in [-0.3, -0.25) is 15.1 Å². The largest absolute Gasteiger partial charge is 0.296 e. The van der Waals surface area contributed by atoms with Crippen molar-refractivity contribution >= 4 is 17.2 Å². The molecule has 1 saturated carbocycles. The van der Waals surface area contributed by atoms with Gasteiger partial charge in [0.1, 0.15) is 0 Å². The van der Waals surface area contributed by atoms with E-state index < -0.39 is 0 Å². The molecule has 0 radical (unpaired) electrons. The van der Waals surface area contributed by atoms with Gasteiger partial charge < -0.3 is 0 Å². The van der Waals surface area contributed by atoms with Gasteiger partial charge >= 0.3 is 0 Å². The van der Waals surface area contributed by atoms with Crippen molar-refractivity contribution in [3.63, 3.8) is 0 Å². The molecule has 0 aromatic carbocycles. The lowest BCUT2D eigenvalue weighted by atomic mass is 10.1. The van der Waals surface area contributed by atoms with Gasteiger partial charge in [0.25, 0.3) is 5.91 Å². The molecule has 4 nitrogen and oxygen atoms in total. The summed E-state index contributed by atoms with van der Waals surface area (Å²) in [5.74, 6) is 5.82. The summed E-state index contributed by atoms with van der Waals surface area (Å²) in [7, 11) is 0. The number of nitrogen functional groups attached to an aromatic ring is 1. The van der Waals surface area contributed by atoms with Gasteiger partial charge in [-0.05, 0) is 48.7 Å². The van der Waals surface area contributed by atoms with E-state index in [2.05, 4.69) is 30.2 Å². The fourth-order valence-corrected chi connectivity index (χ4v) is 3.85. The molecule has 118 valence electrons. The fraction of sp³-hybridized carbons (Fsp3) is 0.688. The van der Waals surface area contributed by atoms with Crippen LogP contribution in [0.3, 0.4) is 0 Å². The average Bonchev–Trinajstić information content (AvgIpc) is 3.13. The summed E-state index contributed by atoms with van der Waals surface area (Å²) in [6.07, 6.45) is 6.46. The lowest BCUT2D eigenvalue weighted by molar-refractivity contribution is 0.0954. The number of nitrogens with one attached hydrogen (secondary N) is 1. The summed E-state index contributed by atoms with van der Waals surface area (Å²) < 4.78 is 0. The Balaban J connectivity index is 2.06. The van der Waals surface area contributed by atoms with Gasteiger partial charge in [-0.15, -0.1) is 11.3 Å². The molecule has 0 atom stereocenters. The van der Waals surface area contributed by atoms with Gasteiger partial charge in [0.05, 0.1) is 4.88 Å². The van der Waals surface area contributed by atoms with E-state index in [1.165, 1.54) is 43.4 Å². The summed E-state index contributed by atoms with van der Waals surface area (Å²) in [6, 6.07) is 2.74. The summed E-state index contributed by atoms with van der Waals surface area (Å²) >= 11 is 1.47. The highest BCUT2D eigenvalue weighted by atomic mass is 32.1. The van der Waals surface area contributed by atoms with Gasteiger partial charge in [-0.2, -0.15) is 0 Å². The lowest BCUT2D eigenvalue weighted by Crippen LogP contribution is -2.35. The molecule has 1 fully saturated rings. The third-order valence-corrected chi connectivity index (χ3v) is 5.25. The number of thiophene rings is 1. The molecule has 0 unspecified atom stereocenters. The van der Waals surface area contributed by atoms with E-state index in [9.17, 15) is 4.79 Å². The molecule has 1 aromatic heterocycles. The summed E-state index contributed by atoms with van der Waals surface area (Å²) in [4.78, 5) is 15.1. The van der Waals surface area contributed by atoms with Gasteiger partial charge in [-0.25, -0.2) is 5.84 Å². The maximum Gasteiger partial charge on any atom is 0.275 e. The Labute approximate surface area is 131 Å². The Morgan fingerprint density at radius 3 is 2.81 bits per heavy atom. The van der Waals surface area contributed by atoms with Crippen LogP contribution in [-0.2, 0) is 6.54 Å². The number of amides is 1. The third-order valence-electron chi connectivity index (χ3n) is 4.29. The number of carbonyl (C=O) groups is 1. The molecule has 1 aliphatic rings. The quantitative estimate of drug-likeness (QED) is 0.462. The Hall–Kier alpha value is -0.910. The van der Waals surface area contributed by atoms with Crippen molar-refractivity contribution in [3.8, 4) is 0 Å². The molecule has 1 aromatic rings. The summed E-state index contributed by atoms with van der Waals surface area (Å²) in [5, 5.41) is 1.98. The van der Waals surface area contributed by atoms with Crippen LogP contribution < -0.4 is 11.3 Å². The van der Waals surface area contributed by atoms with Gasteiger partial charge in [0, 0.05) is 12.6 Å². The lowest BCUT2D eigenvalue weighted by Gasteiger charge is -2.29. The number of hydrazine groups is 1. The number of carbonyl (C=O) groups excluding carboxylic acids is 1. The van der Waals surface area contributed by atoms with Crippen LogP contribution >= 0.6 is 11.3 Å². The zero-order valence-electron chi connectivity index (χ0n) is 13.1. The molecule has 3 N–H and O–H groups in total. The zero-order valence-corrected chi connectivity index (χ0v) is 13.9. The molecule has 0 saturated heterocycles. The number of nitrogens with zero attached hydrogens (tertiary/aromatic N) is 1. The van der Waals surface area contributed by atoms with Crippen molar-refractivity contribution in [3.05, 3.63) is 21.9 Å². The zero-order chi connectivity index (χ0) is 15.2.